The zero-order valence-corrected chi connectivity index (χ0v) is 13.1. The molecule has 20 heavy (non-hydrogen) atoms. The van der Waals surface area contributed by atoms with E-state index in [1.54, 1.807) is 25.6 Å². The Labute approximate surface area is 123 Å². The summed E-state index contributed by atoms with van der Waals surface area (Å²) in [6, 6.07) is 6.26. The summed E-state index contributed by atoms with van der Waals surface area (Å²) in [6.07, 6.45) is 0. The molecule has 0 aliphatic rings. The van der Waals surface area contributed by atoms with Crippen molar-refractivity contribution in [2.75, 3.05) is 14.2 Å². The van der Waals surface area contributed by atoms with Crippen LogP contribution in [0.1, 0.15) is 19.5 Å². The second kappa shape index (κ2) is 6.72. The van der Waals surface area contributed by atoms with Gasteiger partial charge in [-0.2, -0.15) is 0 Å². The minimum Gasteiger partial charge on any atom is -0.497 e. The summed E-state index contributed by atoms with van der Waals surface area (Å²) in [6.45, 7) is 5.04. The molecule has 4 nitrogen and oxygen atoms in total. The lowest BCUT2D eigenvalue weighted by Gasteiger charge is -2.07. The molecule has 0 amide bonds. The molecule has 0 radical (unpaired) electrons. The van der Waals surface area contributed by atoms with Crippen molar-refractivity contribution in [3.63, 3.8) is 0 Å². The summed E-state index contributed by atoms with van der Waals surface area (Å²) in [5, 5.41) is 6.42. The van der Waals surface area contributed by atoms with Gasteiger partial charge in [0, 0.05) is 29.6 Å². The zero-order chi connectivity index (χ0) is 14.5. The van der Waals surface area contributed by atoms with Crippen LogP contribution in [0.5, 0.6) is 11.5 Å². The van der Waals surface area contributed by atoms with Gasteiger partial charge in [-0.05, 0) is 12.1 Å². The van der Waals surface area contributed by atoms with E-state index in [1.165, 1.54) is 0 Å². The van der Waals surface area contributed by atoms with Gasteiger partial charge in [-0.1, -0.05) is 13.8 Å². The van der Waals surface area contributed by atoms with Crippen molar-refractivity contribution in [1.29, 1.82) is 0 Å². The Morgan fingerprint density at radius 3 is 2.35 bits per heavy atom. The smallest absolute Gasteiger partial charge is 0.123 e. The standard InChI is InChI=1S/C15H20N2O2S/c1-10(2)16-8-12-9-20-15(17-12)11-5-13(18-3)7-14(6-11)19-4/h5-7,9-10,16H,8H2,1-4H3. The van der Waals surface area contributed by atoms with E-state index >= 15 is 0 Å². The fourth-order valence-corrected chi connectivity index (χ4v) is 2.57. The maximum atomic E-state index is 5.29. The first-order valence-electron chi connectivity index (χ1n) is 6.53. The van der Waals surface area contributed by atoms with Gasteiger partial charge >= 0.3 is 0 Å². The summed E-state index contributed by atoms with van der Waals surface area (Å²) < 4.78 is 10.6. The van der Waals surface area contributed by atoms with Crippen LogP contribution in [-0.2, 0) is 6.54 Å². The third-order valence-electron chi connectivity index (χ3n) is 2.84. The van der Waals surface area contributed by atoms with Gasteiger partial charge in [0.05, 0.1) is 19.9 Å². The number of hydrogen-bond donors (Lipinski definition) is 1. The third-order valence-corrected chi connectivity index (χ3v) is 3.78. The Hall–Kier alpha value is -1.59. The van der Waals surface area contributed by atoms with Crippen molar-refractivity contribution in [3.8, 4) is 22.1 Å². The van der Waals surface area contributed by atoms with Gasteiger partial charge in [-0.25, -0.2) is 4.98 Å². The van der Waals surface area contributed by atoms with E-state index in [4.69, 9.17) is 9.47 Å². The molecule has 2 aromatic rings. The maximum absolute atomic E-state index is 5.29. The molecular formula is C15H20N2O2S. The monoisotopic (exact) mass is 292 g/mol. The van der Waals surface area contributed by atoms with Gasteiger partial charge in [-0.3, -0.25) is 0 Å². The molecule has 108 valence electrons. The number of benzene rings is 1. The molecule has 0 aliphatic carbocycles. The van der Waals surface area contributed by atoms with Crippen molar-refractivity contribution in [2.45, 2.75) is 26.4 Å². The predicted octanol–water partition coefficient (Wildman–Crippen LogP) is 3.33. The van der Waals surface area contributed by atoms with Crippen LogP contribution in [0, 0.1) is 0 Å². The number of nitrogens with zero attached hydrogens (tertiary/aromatic N) is 1. The van der Waals surface area contributed by atoms with Gasteiger partial charge in [0.15, 0.2) is 0 Å². The summed E-state index contributed by atoms with van der Waals surface area (Å²) in [7, 11) is 3.30. The minimum absolute atomic E-state index is 0.456. The fourth-order valence-electron chi connectivity index (χ4n) is 1.76. The molecule has 0 unspecified atom stereocenters. The summed E-state index contributed by atoms with van der Waals surface area (Å²) >= 11 is 1.63. The quantitative estimate of drug-likeness (QED) is 0.887. The van der Waals surface area contributed by atoms with Gasteiger partial charge in [0.2, 0.25) is 0 Å². The van der Waals surface area contributed by atoms with Crippen LogP contribution in [0.4, 0.5) is 0 Å². The highest BCUT2D eigenvalue weighted by Crippen LogP contribution is 2.31. The number of thiazole rings is 1. The predicted molar refractivity (Wildman–Crippen MR) is 82.6 cm³/mol. The van der Waals surface area contributed by atoms with Crippen LogP contribution >= 0.6 is 11.3 Å². The van der Waals surface area contributed by atoms with Gasteiger partial charge < -0.3 is 14.8 Å². The second-order valence-electron chi connectivity index (χ2n) is 4.78. The first kappa shape index (κ1) is 14.8. The molecule has 0 fully saturated rings. The molecule has 1 heterocycles. The molecule has 0 atom stereocenters. The fraction of sp³-hybridized carbons (Fsp3) is 0.400. The lowest BCUT2D eigenvalue weighted by Crippen LogP contribution is -2.21. The van der Waals surface area contributed by atoms with Crippen molar-refractivity contribution >= 4 is 11.3 Å². The first-order chi connectivity index (χ1) is 9.62. The van der Waals surface area contributed by atoms with Crippen LogP contribution < -0.4 is 14.8 Å². The highest BCUT2D eigenvalue weighted by Gasteiger charge is 2.09. The molecule has 1 N–H and O–H groups in total. The number of methoxy groups -OCH3 is 2. The molecule has 0 saturated heterocycles. The van der Waals surface area contributed by atoms with Crippen molar-refractivity contribution in [3.05, 3.63) is 29.3 Å². The van der Waals surface area contributed by atoms with Crippen molar-refractivity contribution in [2.24, 2.45) is 0 Å². The lowest BCUT2D eigenvalue weighted by atomic mass is 10.2. The summed E-state index contributed by atoms with van der Waals surface area (Å²) in [5.41, 5.74) is 2.07. The van der Waals surface area contributed by atoms with Crippen molar-refractivity contribution in [1.82, 2.24) is 10.3 Å². The van der Waals surface area contributed by atoms with Gasteiger partial charge in [0.25, 0.3) is 0 Å². The number of rotatable bonds is 6. The Bertz CT molecular complexity index is 545. The largest absolute Gasteiger partial charge is 0.497 e. The van der Waals surface area contributed by atoms with Crippen LogP contribution in [0.3, 0.4) is 0 Å². The van der Waals surface area contributed by atoms with Gasteiger partial charge in [-0.15, -0.1) is 11.3 Å². The van der Waals surface area contributed by atoms with E-state index in [-0.39, 0.29) is 0 Å². The number of aromatic nitrogens is 1. The molecule has 5 heteroatoms. The lowest BCUT2D eigenvalue weighted by molar-refractivity contribution is 0.394. The molecule has 1 aromatic heterocycles. The Morgan fingerprint density at radius 2 is 1.80 bits per heavy atom. The second-order valence-corrected chi connectivity index (χ2v) is 5.64. The molecule has 0 saturated carbocycles. The topological polar surface area (TPSA) is 43.4 Å². The van der Waals surface area contributed by atoms with Crippen LogP contribution in [0.15, 0.2) is 23.6 Å². The first-order valence-corrected chi connectivity index (χ1v) is 7.41. The molecular weight excluding hydrogens is 272 g/mol. The normalized spacial score (nSPS) is 10.8. The number of ether oxygens (including phenoxy) is 2. The summed E-state index contributed by atoms with van der Waals surface area (Å²) in [4.78, 5) is 4.65. The molecule has 0 spiro atoms. The average Bonchev–Trinajstić information content (AvgIpc) is 2.93. The average molecular weight is 292 g/mol. The minimum atomic E-state index is 0.456. The van der Waals surface area contributed by atoms with E-state index in [9.17, 15) is 0 Å². The highest BCUT2D eigenvalue weighted by molar-refractivity contribution is 7.13. The molecule has 0 bridgehead atoms. The molecule has 1 aromatic carbocycles. The Kier molecular flexibility index (Phi) is 4.98. The zero-order valence-electron chi connectivity index (χ0n) is 12.3. The SMILES string of the molecule is COc1cc(OC)cc(-c2nc(CNC(C)C)cs2)c1. The Balaban J connectivity index is 2.22. The van der Waals surface area contributed by atoms with Crippen molar-refractivity contribution < 1.29 is 9.47 Å². The van der Waals surface area contributed by atoms with Gasteiger partial charge in [0.1, 0.15) is 16.5 Å². The van der Waals surface area contributed by atoms with E-state index in [2.05, 4.69) is 29.5 Å². The van der Waals surface area contributed by atoms with E-state index in [1.807, 2.05) is 18.2 Å². The number of hydrogen-bond acceptors (Lipinski definition) is 5. The number of nitrogens with one attached hydrogen (secondary N) is 1. The maximum Gasteiger partial charge on any atom is 0.123 e. The third kappa shape index (κ3) is 3.71. The van der Waals surface area contributed by atoms with E-state index in [0.29, 0.717) is 6.04 Å². The highest BCUT2D eigenvalue weighted by atomic mass is 32.1. The van der Waals surface area contributed by atoms with E-state index < -0.39 is 0 Å². The van der Waals surface area contributed by atoms with Crippen LogP contribution in [-0.4, -0.2) is 25.2 Å². The summed E-state index contributed by atoms with van der Waals surface area (Å²) in [5.74, 6) is 1.55. The van der Waals surface area contributed by atoms with Crippen LogP contribution in [0.25, 0.3) is 10.6 Å². The Morgan fingerprint density at radius 1 is 1.15 bits per heavy atom. The van der Waals surface area contributed by atoms with Crippen LogP contribution in [0.2, 0.25) is 0 Å². The molecule has 2 rings (SSSR count). The van der Waals surface area contributed by atoms with E-state index in [0.717, 1.165) is 34.3 Å². The molecule has 0 aliphatic heterocycles.